The Morgan fingerprint density at radius 2 is 1.95 bits per heavy atom. The Hall–Kier alpha value is -2.05. The first kappa shape index (κ1) is 14.9. The van der Waals surface area contributed by atoms with E-state index in [1.807, 2.05) is 0 Å². The molecule has 0 aliphatic heterocycles. The molecule has 0 spiro atoms. The van der Waals surface area contributed by atoms with Gasteiger partial charge in [0.15, 0.2) is 0 Å². The number of nitrogens with zero attached hydrogens (tertiary/aromatic N) is 2. The molecular formula is C15H16F3N3O. The molecule has 4 nitrogen and oxygen atoms in total. The molecule has 0 radical (unpaired) electrons. The lowest BCUT2D eigenvalue weighted by Crippen LogP contribution is -2.07. The largest absolute Gasteiger partial charge is 0.416 e. The second-order valence-electron chi connectivity index (χ2n) is 5.48. The van der Waals surface area contributed by atoms with Crippen LogP contribution in [0.15, 0.2) is 28.7 Å². The Morgan fingerprint density at radius 3 is 2.68 bits per heavy atom. The maximum Gasteiger partial charge on any atom is 0.416 e. The molecule has 22 heavy (non-hydrogen) atoms. The van der Waals surface area contributed by atoms with Crippen molar-refractivity contribution in [3.05, 3.63) is 41.3 Å². The van der Waals surface area contributed by atoms with Crippen LogP contribution in [0.1, 0.15) is 48.6 Å². The van der Waals surface area contributed by atoms with E-state index in [0.717, 1.165) is 25.0 Å². The lowest BCUT2D eigenvalue weighted by atomic mass is 10.1. The molecule has 1 saturated carbocycles. The van der Waals surface area contributed by atoms with Gasteiger partial charge in [-0.1, -0.05) is 30.1 Å². The summed E-state index contributed by atoms with van der Waals surface area (Å²) in [4.78, 5) is 0. The number of rotatable bonds is 4. The molecule has 0 unspecified atom stereocenters. The van der Waals surface area contributed by atoms with Crippen LogP contribution in [0.5, 0.6) is 0 Å². The molecule has 1 aliphatic rings. The Kier molecular flexibility index (Phi) is 4.04. The van der Waals surface area contributed by atoms with Gasteiger partial charge >= 0.3 is 12.2 Å². The average Bonchev–Trinajstić information content (AvgIpc) is 3.15. The van der Waals surface area contributed by atoms with Gasteiger partial charge in [-0.3, -0.25) is 0 Å². The molecule has 0 amide bonds. The van der Waals surface area contributed by atoms with E-state index in [2.05, 4.69) is 15.5 Å². The number of halogens is 3. The molecule has 1 N–H and O–H groups in total. The topological polar surface area (TPSA) is 51.0 Å². The fraction of sp³-hybridized carbons (Fsp3) is 0.467. The minimum Gasteiger partial charge on any atom is -0.408 e. The number of anilines is 1. The quantitative estimate of drug-likeness (QED) is 0.911. The van der Waals surface area contributed by atoms with Crippen molar-refractivity contribution in [2.45, 2.75) is 44.3 Å². The number of nitrogens with one attached hydrogen (secondary N) is 1. The van der Waals surface area contributed by atoms with Gasteiger partial charge < -0.3 is 9.73 Å². The normalized spacial score (nSPS) is 16.1. The Morgan fingerprint density at radius 1 is 1.18 bits per heavy atom. The predicted molar refractivity (Wildman–Crippen MR) is 74.3 cm³/mol. The van der Waals surface area contributed by atoms with Crippen molar-refractivity contribution in [1.82, 2.24) is 10.2 Å². The molecule has 1 fully saturated rings. The number of benzene rings is 1. The summed E-state index contributed by atoms with van der Waals surface area (Å²) in [6.45, 7) is 0.205. The zero-order chi connectivity index (χ0) is 15.6. The first-order valence-electron chi connectivity index (χ1n) is 7.26. The molecule has 1 heterocycles. The molecular weight excluding hydrogens is 295 g/mol. The monoisotopic (exact) mass is 311 g/mol. The van der Waals surface area contributed by atoms with Gasteiger partial charge in [0.1, 0.15) is 0 Å². The summed E-state index contributed by atoms with van der Waals surface area (Å²) in [5, 5.41) is 10.8. The van der Waals surface area contributed by atoms with E-state index < -0.39 is 11.7 Å². The molecule has 0 bridgehead atoms. The summed E-state index contributed by atoms with van der Waals surface area (Å²) in [6.07, 6.45) is 0.0980. The highest BCUT2D eigenvalue weighted by Gasteiger charge is 2.30. The molecule has 2 aromatic rings. The van der Waals surface area contributed by atoms with E-state index in [1.54, 1.807) is 6.07 Å². The van der Waals surface area contributed by atoms with E-state index in [0.29, 0.717) is 17.4 Å². The van der Waals surface area contributed by atoms with Crippen LogP contribution in [0.2, 0.25) is 0 Å². The molecule has 118 valence electrons. The summed E-state index contributed by atoms with van der Waals surface area (Å²) in [5.74, 6) is 0.931. The fourth-order valence-corrected chi connectivity index (χ4v) is 2.68. The highest BCUT2D eigenvalue weighted by Crippen LogP contribution is 2.34. The second-order valence-corrected chi connectivity index (χ2v) is 5.48. The lowest BCUT2D eigenvalue weighted by Gasteiger charge is -2.08. The summed E-state index contributed by atoms with van der Waals surface area (Å²) in [5.41, 5.74) is -0.153. The first-order valence-corrected chi connectivity index (χ1v) is 7.26. The van der Waals surface area contributed by atoms with Gasteiger partial charge in [0.25, 0.3) is 0 Å². The molecule has 1 aromatic heterocycles. The van der Waals surface area contributed by atoms with Crippen molar-refractivity contribution in [1.29, 1.82) is 0 Å². The van der Waals surface area contributed by atoms with Crippen molar-refractivity contribution in [3.63, 3.8) is 0 Å². The molecule has 7 heteroatoms. The Bertz CT molecular complexity index is 633. The molecule has 1 aliphatic carbocycles. The highest BCUT2D eigenvalue weighted by atomic mass is 19.4. The van der Waals surface area contributed by atoms with Gasteiger partial charge in [-0.05, 0) is 30.5 Å². The van der Waals surface area contributed by atoms with Crippen LogP contribution in [-0.2, 0) is 12.7 Å². The van der Waals surface area contributed by atoms with Crippen molar-refractivity contribution in [3.8, 4) is 0 Å². The van der Waals surface area contributed by atoms with Gasteiger partial charge in [-0.2, -0.15) is 13.2 Å². The van der Waals surface area contributed by atoms with E-state index in [1.165, 1.54) is 18.9 Å². The van der Waals surface area contributed by atoms with Crippen LogP contribution < -0.4 is 5.32 Å². The van der Waals surface area contributed by atoms with E-state index >= 15 is 0 Å². The minimum atomic E-state index is -4.34. The number of aromatic nitrogens is 2. The predicted octanol–water partition coefficient (Wildman–Crippen LogP) is 4.36. The van der Waals surface area contributed by atoms with Crippen LogP contribution in [-0.4, -0.2) is 10.2 Å². The summed E-state index contributed by atoms with van der Waals surface area (Å²) in [7, 11) is 0. The summed E-state index contributed by atoms with van der Waals surface area (Å²) in [6, 6.07) is 5.42. The standard InChI is InChI=1S/C15H16F3N3O/c16-15(17,18)12-7-3-4-10(8-12)9-19-14-21-20-13(22-14)11-5-1-2-6-11/h3-4,7-8,11H,1-2,5-6,9H2,(H,19,21). The number of hydrogen-bond donors (Lipinski definition) is 1. The van der Waals surface area contributed by atoms with Crippen LogP contribution in [0, 0.1) is 0 Å². The van der Waals surface area contributed by atoms with Crippen LogP contribution >= 0.6 is 0 Å². The summed E-state index contributed by atoms with van der Waals surface area (Å²) >= 11 is 0. The van der Waals surface area contributed by atoms with E-state index in [4.69, 9.17) is 4.42 Å². The Balaban J connectivity index is 1.63. The summed E-state index contributed by atoms with van der Waals surface area (Å²) < 4.78 is 43.5. The SMILES string of the molecule is FC(F)(F)c1cccc(CNc2nnc(C3CCCC3)o2)c1. The van der Waals surface area contributed by atoms with E-state index in [9.17, 15) is 13.2 Å². The lowest BCUT2D eigenvalue weighted by molar-refractivity contribution is -0.137. The highest BCUT2D eigenvalue weighted by molar-refractivity contribution is 5.29. The van der Waals surface area contributed by atoms with Gasteiger partial charge in [0.05, 0.1) is 5.56 Å². The number of hydrogen-bond acceptors (Lipinski definition) is 4. The first-order chi connectivity index (χ1) is 10.5. The van der Waals surface area contributed by atoms with Crippen LogP contribution in [0.4, 0.5) is 19.2 Å². The third-order valence-electron chi connectivity index (χ3n) is 3.84. The molecule has 3 rings (SSSR count). The third kappa shape index (κ3) is 3.40. The minimum absolute atomic E-state index is 0.205. The third-order valence-corrected chi connectivity index (χ3v) is 3.84. The molecule has 1 aromatic carbocycles. The maximum absolute atomic E-state index is 12.6. The van der Waals surface area contributed by atoms with E-state index in [-0.39, 0.29) is 12.6 Å². The smallest absolute Gasteiger partial charge is 0.408 e. The van der Waals surface area contributed by atoms with Gasteiger partial charge in [0.2, 0.25) is 5.89 Å². The zero-order valence-electron chi connectivity index (χ0n) is 11.9. The Labute approximate surface area is 125 Å². The molecule has 0 saturated heterocycles. The zero-order valence-corrected chi connectivity index (χ0v) is 11.9. The average molecular weight is 311 g/mol. The van der Waals surface area contributed by atoms with Gasteiger partial charge in [-0.25, -0.2) is 0 Å². The van der Waals surface area contributed by atoms with Crippen molar-refractivity contribution in [2.75, 3.05) is 5.32 Å². The fourth-order valence-electron chi connectivity index (χ4n) is 2.68. The van der Waals surface area contributed by atoms with Crippen molar-refractivity contribution >= 4 is 6.01 Å². The second kappa shape index (κ2) is 5.98. The van der Waals surface area contributed by atoms with Crippen LogP contribution in [0.3, 0.4) is 0 Å². The van der Waals surface area contributed by atoms with Gasteiger partial charge in [-0.15, -0.1) is 5.10 Å². The van der Waals surface area contributed by atoms with Crippen LogP contribution in [0.25, 0.3) is 0 Å². The van der Waals surface area contributed by atoms with Gasteiger partial charge in [0, 0.05) is 12.5 Å². The van der Waals surface area contributed by atoms with Crippen molar-refractivity contribution < 1.29 is 17.6 Å². The number of alkyl halides is 3. The van der Waals surface area contributed by atoms with Crippen molar-refractivity contribution in [2.24, 2.45) is 0 Å². The molecule has 0 atom stereocenters. The maximum atomic E-state index is 12.6.